The molecule has 5 rings (SSSR count). The molecule has 2 N–H and O–H groups in total. The number of rotatable bonds is 8. The molecule has 1 aliphatic rings. The Morgan fingerprint density at radius 1 is 1.14 bits per heavy atom. The second-order valence-electron chi connectivity index (χ2n) is 8.09. The van der Waals surface area contributed by atoms with Crippen molar-refractivity contribution in [3.63, 3.8) is 0 Å². The normalized spacial score (nSPS) is 12.9. The SMILES string of the molecule is COCC(NC(=O)c1ccn(-c2nc(Nc3ccc4c(c3)OCO4)ncc2C)c1)c1ccccc1. The summed E-state index contributed by atoms with van der Waals surface area (Å²) in [5, 5.41) is 6.24. The lowest BCUT2D eigenvalue weighted by Crippen LogP contribution is -2.31. The van der Waals surface area contributed by atoms with E-state index < -0.39 is 0 Å². The lowest BCUT2D eigenvalue weighted by molar-refractivity contribution is 0.0896. The predicted octanol–water partition coefficient (Wildman–Crippen LogP) is 4.17. The lowest BCUT2D eigenvalue weighted by Gasteiger charge is -2.18. The van der Waals surface area contributed by atoms with Gasteiger partial charge in [0.1, 0.15) is 5.82 Å². The molecular weight excluding hydrogens is 446 g/mol. The van der Waals surface area contributed by atoms with Gasteiger partial charge in [-0.05, 0) is 30.7 Å². The van der Waals surface area contributed by atoms with Crippen LogP contribution in [0.15, 0.2) is 73.2 Å². The first-order valence-corrected chi connectivity index (χ1v) is 11.1. The Labute approximate surface area is 202 Å². The summed E-state index contributed by atoms with van der Waals surface area (Å²) >= 11 is 0. The molecule has 9 nitrogen and oxygen atoms in total. The Morgan fingerprint density at radius 3 is 2.80 bits per heavy atom. The summed E-state index contributed by atoms with van der Waals surface area (Å²) in [7, 11) is 1.62. The van der Waals surface area contributed by atoms with Gasteiger partial charge in [0.2, 0.25) is 12.7 Å². The van der Waals surface area contributed by atoms with E-state index in [2.05, 4.69) is 20.6 Å². The molecule has 0 saturated heterocycles. The van der Waals surface area contributed by atoms with E-state index in [1.807, 2.05) is 66.2 Å². The maximum absolute atomic E-state index is 13.0. The Morgan fingerprint density at radius 2 is 1.97 bits per heavy atom. The third kappa shape index (κ3) is 4.95. The first kappa shape index (κ1) is 22.4. The van der Waals surface area contributed by atoms with Crippen molar-refractivity contribution in [2.45, 2.75) is 13.0 Å². The molecule has 3 heterocycles. The van der Waals surface area contributed by atoms with Crippen LogP contribution in [0.25, 0.3) is 5.82 Å². The Kier molecular flexibility index (Phi) is 6.32. The fraction of sp³-hybridized carbons (Fsp3) is 0.192. The summed E-state index contributed by atoms with van der Waals surface area (Å²) in [6, 6.07) is 16.8. The number of ether oxygens (including phenoxy) is 3. The molecule has 0 spiro atoms. The monoisotopic (exact) mass is 471 g/mol. The zero-order valence-electron chi connectivity index (χ0n) is 19.4. The van der Waals surface area contributed by atoms with Crippen molar-refractivity contribution < 1.29 is 19.0 Å². The largest absolute Gasteiger partial charge is 0.454 e. The molecule has 2 aromatic heterocycles. The molecule has 178 valence electrons. The molecule has 1 aliphatic heterocycles. The molecule has 1 atom stereocenters. The Balaban J connectivity index is 1.33. The minimum Gasteiger partial charge on any atom is -0.454 e. The molecule has 0 saturated carbocycles. The van der Waals surface area contributed by atoms with Crippen molar-refractivity contribution in [1.82, 2.24) is 19.9 Å². The lowest BCUT2D eigenvalue weighted by atomic mass is 10.1. The summed E-state index contributed by atoms with van der Waals surface area (Å²) in [5.41, 5.74) is 3.14. The van der Waals surface area contributed by atoms with Gasteiger partial charge in [-0.1, -0.05) is 30.3 Å². The van der Waals surface area contributed by atoms with E-state index >= 15 is 0 Å². The van der Waals surface area contributed by atoms with Crippen LogP contribution in [-0.4, -0.2) is 41.0 Å². The zero-order chi connectivity index (χ0) is 24.2. The first-order chi connectivity index (χ1) is 17.1. The maximum atomic E-state index is 13.0. The van der Waals surface area contributed by atoms with Crippen LogP contribution in [0, 0.1) is 6.92 Å². The van der Waals surface area contributed by atoms with Crippen LogP contribution in [0.4, 0.5) is 11.6 Å². The number of hydrogen-bond donors (Lipinski definition) is 2. The van der Waals surface area contributed by atoms with Crippen LogP contribution >= 0.6 is 0 Å². The van der Waals surface area contributed by atoms with E-state index in [1.165, 1.54) is 0 Å². The van der Waals surface area contributed by atoms with Gasteiger partial charge in [0.25, 0.3) is 5.91 Å². The highest BCUT2D eigenvalue weighted by molar-refractivity contribution is 5.94. The number of amides is 1. The van der Waals surface area contributed by atoms with Gasteiger partial charge < -0.3 is 29.4 Å². The molecule has 0 bridgehead atoms. The Hall–Kier alpha value is -4.37. The highest BCUT2D eigenvalue weighted by atomic mass is 16.7. The van der Waals surface area contributed by atoms with Gasteiger partial charge >= 0.3 is 0 Å². The van der Waals surface area contributed by atoms with Crippen molar-refractivity contribution in [3.05, 3.63) is 89.9 Å². The topological polar surface area (TPSA) is 99.5 Å². The van der Waals surface area contributed by atoms with Gasteiger partial charge in [-0.25, -0.2) is 4.98 Å². The number of aromatic nitrogens is 3. The predicted molar refractivity (Wildman–Crippen MR) is 130 cm³/mol. The van der Waals surface area contributed by atoms with Crippen molar-refractivity contribution in [3.8, 4) is 17.3 Å². The maximum Gasteiger partial charge on any atom is 0.253 e. The van der Waals surface area contributed by atoms with Gasteiger partial charge in [-0.3, -0.25) is 4.79 Å². The minimum atomic E-state index is -0.254. The fourth-order valence-electron chi connectivity index (χ4n) is 3.84. The van der Waals surface area contributed by atoms with Gasteiger partial charge in [-0.15, -0.1) is 0 Å². The standard InChI is InChI=1S/C26H25N5O4/c1-17-13-27-26(28-20-8-9-22-23(12-20)35-16-34-22)30-24(17)31-11-10-19(14-31)25(32)29-21(15-33-2)18-6-4-3-5-7-18/h3-14,21H,15-16H2,1-2H3,(H,29,32)(H,27,28,30). The number of methoxy groups -OCH3 is 1. The minimum absolute atomic E-state index is 0.194. The third-order valence-corrected chi connectivity index (χ3v) is 5.61. The number of nitrogens with zero attached hydrogens (tertiary/aromatic N) is 3. The summed E-state index contributed by atoms with van der Waals surface area (Å²) in [6.45, 7) is 2.50. The number of hydrogen-bond acceptors (Lipinski definition) is 7. The van der Waals surface area contributed by atoms with Crippen LogP contribution in [0.2, 0.25) is 0 Å². The number of carbonyl (C=O) groups excluding carboxylic acids is 1. The highest BCUT2D eigenvalue weighted by Crippen LogP contribution is 2.34. The molecule has 1 amide bonds. The number of carbonyl (C=O) groups is 1. The number of fused-ring (bicyclic) bond motifs is 1. The summed E-state index contributed by atoms with van der Waals surface area (Å²) in [4.78, 5) is 22.0. The number of anilines is 2. The van der Waals surface area contributed by atoms with Gasteiger partial charge in [-0.2, -0.15) is 4.98 Å². The number of benzene rings is 2. The van der Waals surface area contributed by atoms with Crippen LogP contribution < -0.4 is 20.1 Å². The summed E-state index contributed by atoms with van der Waals surface area (Å²) in [6.07, 6.45) is 5.30. The van der Waals surface area contributed by atoms with Crippen LogP contribution in [-0.2, 0) is 4.74 Å². The number of aryl methyl sites for hydroxylation is 1. The van der Waals surface area contributed by atoms with Crippen LogP contribution in [0.1, 0.15) is 27.5 Å². The van der Waals surface area contributed by atoms with Crippen molar-refractivity contribution in [1.29, 1.82) is 0 Å². The van der Waals surface area contributed by atoms with E-state index in [9.17, 15) is 4.79 Å². The molecular formula is C26H25N5O4. The average Bonchev–Trinajstić information content (AvgIpc) is 3.55. The second kappa shape index (κ2) is 9.86. The van der Waals surface area contributed by atoms with Crippen LogP contribution in [0.3, 0.4) is 0 Å². The van der Waals surface area contributed by atoms with Crippen LogP contribution in [0.5, 0.6) is 11.5 Å². The fourth-order valence-corrected chi connectivity index (χ4v) is 3.84. The van der Waals surface area contributed by atoms with E-state index in [1.54, 1.807) is 25.6 Å². The molecule has 0 radical (unpaired) electrons. The second-order valence-corrected chi connectivity index (χ2v) is 8.09. The number of nitrogens with one attached hydrogen (secondary N) is 2. The van der Waals surface area contributed by atoms with Gasteiger partial charge in [0.15, 0.2) is 11.5 Å². The molecule has 1 unspecified atom stereocenters. The van der Waals surface area contributed by atoms with E-state index in [0.717, 1.165) is 16.8 Å². The molecule has 0 fully saturated rings. The quantitative estimate of drug-likeness (QED) is 0.398. The molecule has 2 aromatic carbocycles. The first-order valence-electron chi connectivity index (χ1n) is 11.1. The third-order valence-electron chi connectivity index (χ3n) is 5.61. The van der Waals surface area contributed by atoms with Gasteiger partial charge in [0.05, 0.1) is 18.2 Å². The average molecular weight is 472 g/mol. The summed E-state index contributed by atoms with van der Waals surface area (Å²) < 4.78 is 17.9. The van der Waals surface area contributed by atoms with Crippen molar-refractivity contribution in [2.24, 2.45) is 0 Å². The molecule has 4 aromatic rings. The van der Waals surface area contributed by atoms with E-state index in [0.29, 0.717) is 35.4 Å². The Bertz CT molecular complexity index is 1340. The van der Waals surface area contributed by atoms with E-state index in [4.69, 9.17) is 14.2 Å². The smallest absolute Gasteiger partial charge is 0.253 e. The van der Waals surface area contributed by atoms with E-state index in [-0.39, 0.29) is 18.7 Å². The molecule has 9 heteroatoms. The summed E-state index contributed by atoms with van der Waals surface area (Å²) in [5.74, 6) is 2.28. The van der Waals surface area contributed by atoms with Crippen molar-refractivity contribution >= 4 is 17.5 Å². The van der Waals surface area contributed by atoms with Gasteiger partial charge in [0, 0.05) is 43.0 Å². The highest BCUT2D eigenvalue weighted by Gasteiger charge is 2.18. The molecule has 35 heavy (non-hydrogen) atoms. The molecule has 0 aliphatic carbocycles. The zero-order valence-corrected chi connectivity index (χ0v) is 19.4. The van der Waals surface area contributed by atoms with Crippen molar-refractivity contribution in [2.75, 3.05) is 25.8 Å².